The van der Waals surface area contributed by atoms with Crippen LogP contribution in [0.25, 0.3) is 0 Å². The van der Waals surface area contributed by atoms with Gasteiger partial charge >= 0.3 is 5.97 Å². The summed E-state index contributed by atoms with van der Waals surface area (Å²) < 4.78 is 27.7. The molecule has 0 amide bonds. The average molecular weight is 340 g/mol. The Labute approximate surface area is 137 Å². The predicted octanol–water partition coefficient (Wildman–Crippen LogP) is 1.70. The van der Waals surface area contributed by atoms with Crippen molar-refractivity contribution in [3.63, 3.8) is 0 Å². The van der Waals surface area contributed by atoms with E-state index in [4.69, 9.17) is 5.11 Å². The largest absolute Gasteiger partial charge is 0.478 e. The van der Waals surface area contributed by atoms with Crippen molar-refractivity contribution in [2.24, 2.45) is 5.92 Å². The number of carboxylic acids is 1. The molecule has 7 heteroatoms. The third kappa shape index (κ3) is 4.31. The molecular formula is C16H24N2O4S. The van der Waals surface area contributed by atoms with E-state index in [1.165, 1.54) is 25.1 Å². The number of hydrogen-bond acceptors (Lipinski definition) is 4. The van der Waals surface area contributed by atoms with E-state index in [0.29, 0.717) is 12.5 Å². The Hall–Kier alpha value is -1.44. The monoisotopic (exact) mass is 340 g/mol. The van der Waals surface area contributed by atoms with E-state index >= 15 is 0 Å². The second-order valence-electron chi connectivity index (χ2n) is 5.99. The van der Waals surface area contributed by atoms with Crippen LogP contribution in [-0.2, 0) is 10.0 Å². The number of nitrogens with one attached hydrogen (secondary N) is 1. The molecule has 1 aromatic carbocycles. The zero-order valence-electron chi connectivity index (χ0n) is 13.6. The third-order valence-corrected chi connectivity index (χ3v) is 5.98. The predicted molar refractivity (Wildman–Crippen MR) is 88.2 cm³/mol. The number of benzene rings is 1. The van der Waals surface area contributed by atoms with Crippen LogP contribution in [0.1, 0.15) is 35.7 Å². The molecule has 6 nitrogen and oxygen atoms in total. The van der Waals surface area contributed by atoms with Crippen LogP contribution in [0.2, 0.25) is 0 Å². The maximum atomic E-state index is 12.5. The van der Waals surface area contributed by atoms with Crippen molar-refractivity contribution in [3.05, 3.63) is 29.3 Å². The molecule has 0 aliphatic carbocycles. The Morgan fingerprint density at radius 3 is 2.83 bits per heavy atom. The lowest BCUT2D eigenvalue weighted by Crippen LogP contribution is -2.40. The average Bonchev–Trinajstić information content (AvgIpc) is 2.53. The number of rotatable bonds is 6. The Kier molecular flexibility index (Phi) is 5.78. The van der Waals surface area contributed by atoms with Crippen molar-refractivity contribution in [3.8, 4) is 0 Å². The normalized spacial score (nSPS) is 19.7. The van der Waals surface area contributed by atoms with Gasteiger partial charge in [-0.05, 0) is 56.5 Å². The van der Waals surface area contributed by atoms with Gasteiger partial charge in [0.25, 0.3) is 0 Å². The fraction of sp³-hybridized carbons (Fsp3) is 0.562. The van der Waals surface area contributed by atoms with Gasteiger partial charge in [0.05, 0.1) is 10.5 Å². The summed E-state index contributed by atoms with van der Waals surface area (Å²) in [6, 6.07) is 4.32. The molecule has 0 radical (unpaired) electrons. The number of carboxylic acid groups (broad SMARTS) is 1. The first kappa shape index (κ1) is 17.9. The van der Waals surface area contributed by atoms with Crippen LogP contribution in [0.3, 0.4) is 0 Å². The van der Waals surface area contributed by atoms with Crippen LogP contribution in [-0.4, -0.2) is 50.6 Å². The molecule has 23 heavy (non-hydrogen) atoms. The molecule has 2 N–H and O–H groups in total. The SMILES string of the molecule is CCN1CCCC(CNS(=O)(=O)c2cccc(C(=O)O)c2C)C1. The number of aromatic carboxylic acids is 1. The lowest BCUT2D eigenvalue weighted by atomic mass is 9.98. The van der Waals surface area contributed by atoms with Gasteiger partial charge in [0.2, 0.25) is 10.0 Å². The first-order valence-corrected chi connectivity index (χ1v) is 9.38. The second kappa shape index (κ2) is 7.42. The Bertz CT molecular complexity index is 673. The summed E-state index contributed by atoms with van der Waals surface area (Å²) in [7, 11) is -3.70. The summed E-state index contributed by atoms with van der Waals surface area (Å²) in [5, 5.41) is 9.13. The first-order chi connectivity index (χ1) is 10.8. The number of carbonyl (C=O) groups is 1. The molecule has 1 heterocycles. The summed E-state index contributed by atoms with van der Waals surface area (Å²) in [6.07, 6.45) is 2.08. The minimum Gasteiger partial charge on any atom is -0.478 e. The Balaban J connectivity index is 2.10. The fourth-order valence-electron chi connectivity index (χ4n) is 3.05. The highest BCUT2D eigenvalue weighted by Gasteiger charge is 2.24. The molecule has 1 aliphatic rings. The van der Waals surface area contributed by atoms with Gasteiger partial charge < -0.3 is 10.0 Å². The van der Waals surface area contributed by atoms with E-state index in [1.807, 2.05) is 0 Å². The molecule has 1 unspecified atom stereocenters. The van der Waals surface area contributed by atoms with Gasteiger partial charge in [0.1, 0.15) is 0 Å². The maximum Gasteiger partial charge on any atom is 0.335 e. The van der Waals surface area contributed by atoms with Crippen molar-refractivity contribution in [1.82, 2.24) is 9.62 Å². The molecule has 1 aliphatic heterocycles. The molecule has 1 saturated heterocycles. The van der Waals surface area contributed by atoms with Gasteiger partial charge in [-0.3, -0.25) is 0 Å². The quantitative estimate of drug-likeness (QED) is 0.823. The first-order valence-electron chi connectivity index (χ1n) is 7.90. The zero-order chi connectivity index (χ0) is 17.0. The molecule has 0 spiro atoms. The summed E-state index contributed by atoms with van der Waals surface area (Å²) in [4.78, 5) is 13.5. The van der Waals surface area contributed by atoms with Crippen LogP contribution < -0.4 is 4.72 Å². The molecule has 1 fully saturated rings. The second-order valence-corrected chi connectivity index (χ2v) is 7.72. The van der Waals surface area contributed by atoms with Crippen LogP contribution >= 0.6 is 0 Å². The van der Waals surface area contributed by atoms with Gasteiger partial charge in [0.15, 0.2) is 0 Å². The van der Waals surface area contributed by atoms with Crippen LogP contribution in [0.4, 0.5) is 0 Å². The van der Waals surface area contributed by atoms with Gasteiger partial charge in [-0.2, -0.15) is 0 Å². The lowest BCUT2D eigenvalue weighted by Gasteiger charge is -2.31. The van der Waals surface area contributed by atoms with Crippen LogP contribution in [0.15, 0.2) is 23.1 Å². The highest BCUT2D eigenvalue weighted by molar-refractivity contribution is 7.89. The van der Waals surface area contributed by atoms with Crippen molar-refractivity contribution in [1.29, 1.82) is 0 Å². The van der Waals surface area contributed by atoms with Crippen molar-refractivity contribution < 1.29 is 18.3 Å². The molecular weight excluding hydrogens is 316 g/mol. The standard InChI is InChI=1S/C16H24N2O4S/c1-3-18-9-5-6-13(11-18)10-17-23(21,22)15-8-4-7-14(12(15)2)16(19)20/h4,7-8,13,17H,3,5-6,9-11H2,1-2H3,(H,19,20). The number of likely N-dealkylation sites (tertiary alicyclic amines) is 1. The summed E-state index contributed by atoms with van der Waals surface area (Å²) >= 11 is 0. The molecule has 0 aromatic heterocycles. The maximum absolute atomic E-state index is 12.5. The Morgan fingerprint density at radius 2 is 2.17 bits per heavy atom. The topological polar surface area (TPSA) is 86.7 Å². The van der Waals surface area contributed by atoms with Crippen molar-refractivity contribution in [2.45, 2.75) is 31.6 Å². The van der Waals surface area contributed by atoms with Crippen LogP contribution in [0.5, 0.6) is 0 Å². The van der Waals surface area contributed by atoms with Crippen LogP contribution in [0, 0.1) is 12.8 Å². The Morgan fingerprint density at radius 1 is 1.43 bits per heavy atom. The van der Waals surface area contributed by atoms with Gasteiger partial charge in [0, 0.05) is 13.1 Å². The molecule has 2 rings (SSSR count). The van der Waals surface area contributed by atoms with Crippen molar-refractivity contribution in [2.75, 3.05) is 26.2 Å². The van der Waals surface area contributed by atoms with E-state index in [0.717, 1.165) is 32.5 Å². The molecule has 128 valence electrons. The van der Waals surface area contributed by atoms with E-state index in [1.54, 1.807) is 0 Å². The smallest absolute Gasteiger partial charge is 0.335 e. The number of sulfonamides is 1. The van der Waals surface area contributed by atoms with E-state index < -0.39 is 16.0 Å². The van der Waals surface area contributed by atoms with Gasteiger partial charge in [-0.25, -0.2) is 17.9 Å². The highest BCUT2D eigenvalue weighted by atomic mass is 32.2. The lowest BCUT2D eigenvalue weighted by molar-refractivity contribution is 0.0696. The molecule has 0 saturated carbocycles. The number of hydrogen-bond donors (Lipinski definition) is 2. The van der Waals surface area contributed by atoms with Crippen molar-refractivity contribution >= 4 is 16.0 Å². The van der Waals surface area contributed by atoms with Gasteiger partial charge in [-0.1, -0.05) is 13.0 Å². The summed E-state index contributed by atoms with van der Waals surface area (Å²) in [5.74, 6) is -0.827. The highest BCUT2D eigenvalue weighted by Crippen LogP contribution is 2.20. The number of piperidine rings is 1. The number of nitrogens with zero attached hydrogens (tertiary/aromatic N) is 1. The van der Waals surface area contributed by atoms with E-state index in [9.17, 15) is 13.2 Å². The molecule has 1 aromatic rings. The molecule has 1 atom stereocenters. The zero-order valence-corrected chi connectivity index (χ0v) is 14.4. The third-order valence-electron chi connectivity index (χ3n) is 4.42. The van der Waals surface area contributed by atoms with E-state index in [-0.39, 0.29) is 16.0 Å². The summed E-state index contributed by atoms with van der Waals surface area (Å²) in [6.45, 7) is 6.95. The fourth-order valence-corrected chi connectivity index (χ4v) is 4.43. The minimum atomic E-state index is -3.70. The minimum absolute atomic E-state index is 0.0164. The molecule has 0 bridgehead atoms. The summed E-state index contributed by atoms with van der Waals surface area (Å²) in [5.41, 5.74) is 0.286. The van der Waals surface area contributed by atoms with E-state index in [2.05, 4.69) is 16.5 Å². The van der Waals surface area contributed by atoms with Gasteiger partial charge in [-0.15, -0.1) is 0 Å².